The van der Waals surface area contributed by atoms with Crippen molar-refractivity contribution in [1.82, 2.24) is 5.32 Å². The maximum atomic E-state index is 13.1. The molecule has 1 aliphatic rings. The van der Waals surface area contributed by atoms with Gasteiger partial charge in [0, 0.05) is 17.7 Å². The van der Waals surface area contributed by atoms with Gasteiger partial charge in [-0.25, -0.2) is 0 Å². The Bertz CT molecular complexity index is 885. The predicted octanol–water partition coefficient (Wildman–Crippen LogP) is 3.53. The average molecular weight is 379 g/mol. The topological polar surface area (TPSA) is 68.5 Å². The number of Topliss-reactive ketones (excluding diaryl/α,β-unsaturated/α-hetero) is 1. The van der Waals surface area contributed by atoms with E-state index in [1.807, 2.05) is 0 Å². The maximum Gasteiger partial charge on any atom is 0.416 e. The smallest absolute Gasteiger partial charge is 0.416 e. The van der Waals surface area contributed by atoms with Crippen molar-refractivity contribution < 1.29 is 31.9 Å². The number of hydrogen-bond acceptors (Lipinski definition) is 5. The first-order chi connectivity index (χ1) is 12.8. The zero-order chi connectivity index (χ0) is 19.6. The lowest BCUT2D eigenvalue weighted by atomic mass is 9.96. The standard InChI is InChI=1S/C19H16F3NO4/c1-26-16(24)10-23-14-9-13(15-6-3-7-27-15)18(25)17(14)11-4-2-5-12(8-11)19(20,21)22/h2-8,13,23H,9-10H2,1H3. The quantitative estimate of drug-likeness (QED) is 0.805. The minimum atomic E-state index is -4.53. The van der Waals surface area contributed by atoms with Crippen LogP contribution in [0.25, 0.3) is 5.57 Å². The van der Waals surface area contributed by atoms with Gasteiger partial charge in [0.25, 0.3) is 0 Å². The average Bonchev–Trinajstić information content (AvgIpc) is 3.26. The number of nitrogens with one attached hydrogen (secondary N) is 1. The van der Waals surface area contributed by atoms with Gasteiger partial charge in [-0.15, -0.1) is 0 Å². The van der Waals surface area contributed by atoms with Crippen LogP contribution in [0.5, 0.6) is 0 Å². The highest BCUT2D eigenvalue weighted by molar-refractivity contribution is 6.26. The number of rotatable bonds is 5. The molecule has 5 nitrogen and oxygen atoms in total. The van der Waals surface area contributed by atoms with E-state index in [0.29, 0.717) is 11.5 Å². The number of hydrogen-bond donors (Lipinski definition) is 1. The van der Waals surface area contributed by atoms with Crippen LogP contribution in [0.15, 0.2) is 52.8 Å². The number of ketones is 1. The van der Waals surface area contributed by atoms with E-state index in [1.54, 1.807) is 12.1 Å². The van der Waals surface area contributed by atoms with E-state index in [9.17, 15) is 22.8 Å². The molecule has 1 aliphatic carbocycles. The lowest BCUT2D eigenvalue weighted by Gasteiger charge is -2.11. The highest BCUT2D eigenvalue weighted by Crippen LogP contribution is 2.40. The van der Waals surface area contributed by atoms with Gasteiger partial charge in [-0.1, -0.05) is 12.1 Å². The Kier molecular flexibility index (Phi) is 5.07. The second-order valence-electron chi connectivity index (χ2n) is 6.00. The summed E-state index contributed by atoms with van der Waals surface area (Å²) in [5.74, 6) is -1.17. The normalized spacial score (nSPS) is 17.3. The van der Waals surface area contributed by atoms with Gasteiger partial charge >= 0.3 is 12.1 Å². The van der Waals surface area contributed by atoms with E-state index < -0.39 is 23.6 Å². The SMILES string of the molecule is COC(=O)CNC1=C(c2cccc(C(F)(F)F)c2)C(=O)C(c2ccco2)C1. The second kappa shape index (κ2) is 7.30. The molecule has 0 bridgehead atoms. The molecule has 1 heterocycles. The van der Waals surface area contributed by atoms with Crippen LogP contribution >= 0.6 is 0 Å². The fraction of sp³-hybridized carbons (Fsp3) is 0.263. The lowest BCUT2D eigenvalue weighted by molar-refractivity contribution is -0.139. The molecule has 1 unspecified atom stereocenters. The Morgan fingerprint density at radius 2 is 2.07 bits per heavy atom. The molecule has 2 aromatic rings. The maximum absolute atomic E-state index is 13.1. The molecule has 0 saturated carbocycles. The molecule has 1 aromatic heterocycles. The van der Waals surface area contributed by atoms with Gasteiger partial charge in [-0.2, -0.15) is 13.2 Å². The van der Waals surface area contributed by atoms with Crippen molar-refractivity contribution in [3.8, 4) is 0 Å². The minimum Gasteiger partial charge on any atom is -0.469 e. The van der Waals surface area contributed by atoms with Crippen LogP contribution in [0, 0.1) is 0 Å². The van der Waals surface area contributed by atoms with E-state index in [2.05, 4.69) is 10.1 Å². The van der Waals surface area contributed by atoms with Crippen molar-refractivity contribution in [2.75, 3.05) is 13.7 Å². The first kappa shape index (κ1) is 18.8. The summed E-state index contributed by atoms with van der Waals surface area (Å²) in [5, 5.41) is 2.82. The molecule has 0 saturated heterocycles. The molecule has 27 heavy (non-hydrogen) atoms. The molecule has 0 aliphatic heterocycles. The van der Waals surface area contributed by atoms with Crippen LogP contribution in [0.3, 0.4) is 0 Å². The third kappa shape index (κ3) is 3.89. The van der Waals surface area contributed by atoms with Crippen LogP contribution in [0.4, 0.5) is 13.2 Å². The third-order valence-corrected chi connectivity index (χ3v) is 4.31. The molecule has 0 spiro atoms. The van der Waals surface area contributed by atoms with E-state index in [1.165, 1.54) is 25.5 Å². The number of allylic oxidation sites excluding steroid dienone is 2. The first-order valence-electron chi connectivity index (χ1n) is 8.10. The molecular weight excluding hydrogens is 363 g/mol. The third-order valence-electron chi connectivity index (χ3n) is 4.31. The number of carbonyl (C=O) groups is 2. The van der Waals surface area contributed by atoms with Gasteiger partial charge in [0.15, 0.2) is 5.78 Å². The van der Waals surface area contributed by atoms with Crippen LogP contribution in [0.1, 0.15) is 29.2 Å². The highest BCUT2D eigenvalue weighted by atomic mass is 19.4. The van der Waals surface area contributed by atoms with Crippen molar-refractivity contribution >= 4 is 17.3 Å². The number of furan rings is 1. The Morgan fingerprint density at radius 1 is 1.30 bits per heavy atom. The summed E-state index contributed by atoms with van der Waals surface area (Å²) in [6.45, 7) is -0.202. The summed E-state index contributed by atoms with van der Waals surface area (Å²) < 4.78 is 49.0. The molecule has 1 atom stereocenters. The van der Waals surface area contributed by atoms with Gasteiger partial charge in [0.05, 0.1) is 24.9 Å². The summed E-state index contributed by atoms with van der Waals surface area (Å²) in [7, 11) is 1.22. The summed E-state index contributed by atoms with van der Waals surface area (Å²) in [5.41, 5.74) is -0.220. The Balaban J connectivity index is 2.00. The molecule has 8 heteroatoms. The van der Waals surface area contributed by atoms with Crippen molar-refractivity contribution in [3.63, 3.8) is 0 Å². The van der Waals surface area contributed by atoms with Crippen molar-refractivity contribution in [2.45, 2.75) is 18.5 Å². The van der Waals surface area contributed by atoms with Gasteiger partial charge in [-0.05, 0) is 29.8 Å². The van der Waals surface area contributed by atoms with E-state index in [-0.39, 0.29) is 29.9 Å². The first-order valence-corrected chi connectivity index (χ1v) is 8.10. The summed E-state index contributed by atoms with van der Waals surface area (Å²) in [4.78, 5) is 24.4. The molecule has 142 valence electrons. The van der Waals surface area contributed by atoms with Crippen LogP contribution in [-0.4, -0.2) is 25.4 Å². The predicted molar refractivity (Wildman–Crippen MR) is 89.5 cm³/mol. The molecule has 3 rings (SSSR count). The molecule has 0 amide bonds. The number of carbonyl (C=O) groups excluding carboxylic acids is 2. The fourth-order valence-electron chi connectivity index (χ4n) is 3.02. The minimum absolute atomic E-state index is 0.117. The zero-order valence-corrected chi connectivity index (χ0v) is 14.3. The van der Waals surface area contributed by atoms with Crippen LogP contribution in [-0.2, 0) is 20.5 Å². The lowest BCUT2D eigenvalue weighted by Crippen LogP contribution is -2.23. The van der Waals surface area contributed by atoms with Gasteiger partial charge in [0.1, 0.15) is 12.3 Å². The number of esters is 1. The fourth-order valence-corrected chi connectivity index (χ4v) is 3.02. The number of alkyl halides is 3. The monoisotopic (exact) mass is 379 g/mol. The second-order valence-corrected chi connectivity index (χ2v) is 6.00. The zero-order valence-electron chi connectivity index (χ0n) is 14.3. The number of methoxy groups -OCH3 is 1. The van der Waals surface area contributed by atoms with Gasteiger partial charge in [-0.3, -0.25) is 9.59 Å². The van der Waals surface area contributed by atoms with Crippen molar-refractivity contribution in [3.05, 3.63) is 65.2 Å². The van der Waals surface area contributed by atoms with Gasteiger partial charge < -0.3 is 14.5 Å². The number of benzene rings is 1. The van der Waals surface area contributed by atoms with E-state index in [4.69, 9.17) is 4.42 Å². The van der Waals surface area contributed by atoms with Crippen LogP contribution < -0.4 is 5.32 Å². The molecule has 0 fully saturated rings. The van der Waals surface area contributed by atoms with Crippen molar-refractivity contribution in [2.24, 2.45) is 0 Å². The largest absolute Gasteiger partial charge is 0.469 e. The molecule has 1 N–H and O–H groups in total. The Labute approximate surface area is 152 Å². The summed E-state index contributed by atoms with van der Waals surface area (Å²) >= 11 is 0. The van der Waals surface area contributed by atoms with Crippen LogP contribution in [0.2, 0.25) is 0 Å². The van der Waals surface area contributed by atoms with E-state index in [0.717, 1.165) is 12.1 Å². The van der Waals surface area contributed by atoms with Gasteiger partial charge in [0.2, 0.25) is 0 Å². The molecular formula is C19H16F3NO4. The van der Waals surface area contributed by atoms with Crippen molar-refractivity contribution in [1.29, 1.82) is 0 Å². The Hall–Kier alpha value is -3.03. The molecule has 0 radical (unpaired) electrons. The summed E-state index contributed by atoms with van der Waals surface area (Å²) in [6.07, 6.45) is -2.92. The number of ether oxygens (including phenoxy) is 1. The molecule has 1 aromatic carbocycles. The highest BCUT2D eigenvalue weighted by Gasteiger charge is 2.38. The Morgan fingerprint density at radius 3 is 2.70 bits per heavy atom. The summed E-state index contributed by atoms with van der Waals surface area (Å²) in [6, 6.07) is 7.82. The van der Waals surface area contributed by atoms with E-state index >= 15 is 0 Å². The number of halogens is 3.